The summed E-state index contributed by atoms with van der Waals surface area (Å²) in [6.45, 7) is 8.91. The zero-order chi connectivity index (χ0) is 13.7. The van der Waals surface area contributed by atoms with E-state index in [4.69, 9.17) is 0 Å². The zero-order valence-corrected chi connectivity index (χ0v) is 12.8. The molecule has 4 unspecified atom stereocenters. The highest BCUT2D eigenvalue weighted by Gasteiger charge is 2.32. The highest BCUT2D eigenvalue weighted by molar-refractivity contribution is 4.88. The number of hydrogen-bond acceptors (Lipinski definition) is 3. The molecular weight excluding hydrogens is 236 g/mol. The molecule has 0 aromatic carbocycles. The van der Waals surface area contributed by atoms with Crippen LogP contribution in [0, 0.1) is 11.8 Å². The number of aliphatic hydroxyl groups excluding tert-OH is 1. The van der Waals surface area contributed by atoms with Gasteiger partial charge in [-0.05, 0) is 50.5 Å². The summed E-state index contributed by atoms with van der Waals surface area (Å²) in [5.74, 6) is 1.72. The Balaban J connectivity index is 1.86. The van der Waals surface area contributed by atoms with E-state index in [0.29, 0.717) is 6.04 Å². The van der Waals surface area contributed by atoms with Gasteiger partial charge in [-0.25, -0.2) is 0 Å². The third-order valence-electron chi connectivity index (χ3n) is 5.07. The first kappa shape index (κ1) is 15.3. The van der Waals surface area contributed by atoms with E-state index in [9.17, 15) is 5.11 Å². The number of rotatable bonds is 6. The molecule has 2 fully saturated rings. The van der Waals surface area contributed by atoms with Crippen molar-refractivity contribution in [2.45, 2.75) is 64.5 Å². The van der Waals surface area contributed by atoms with Crippen LogP contribution in [0.4, 0.5) is 0 Å². The molecular formula is C16H32N2O. The van der Waals surface area contributed by atoms with Crippen molar-refractivity contribution in [1.29, 1.82) is 0 Å². The van der Waals surface area contributed by atoms with Crippen molar-refractivity contribution < 1.29 is 5.11 Å². The summed E-state index contributed by atoms with van der Waals surface area (Å²) < 4.78 is 0. The van der Waals surface area contributed by atoms with Crippen molar-refractivity contribution >= 4 is 0 Å². The maximum atomic E-state index is 9.68. The van der Waals surface area contributed by atoms with E-state index in [1.165, 1.54) is 38.6 Å². The number of aliphatic hydroxyl groups is 1. The van der Waals surface area contributed by atoms with Crippen LogP contribution in [0.1, 0.15) is 52.4 Å². The average molecular weight is 268 g/mol. The molecule has 1 aliphatic heterocycles. The Morgan fingerprint density at radius 1 is 1.21 bits per heavy atom. The van der Waals surface area contributed by atoms with Crippen LogP contribution in [0.25, 0.3) is 0 Å². The Morgan fingerprint density at radius 3 is 2.68 bits per heavy atom. The lowest BCUT2D eigenvalue weighted by molar-refractivity contribution is 0.133. The predicted octanol–water partition coefficient (Wildman–Crippen LogP) is 2.25. The van der Waals surface area contributed by atoms with Crippen molar-refractivity contribution in [3.8, 4) is 0 Å². The van der Waals surface area contributed by atoms with E-state index in [1.54, 1.807) is 0 Å². The van der Waals surface area contributed by atoms with Gasteiger partial charge in [0.25, 0.3) is 0 Å². The molecule has 2 aliphatic rings. The molecule has 0 amide bonds. The Morgan fingerprint density at radius 2 is 2.05 bits per heavy atom. The predicted molar refractivity (Wildman–Crippen MR) is 80.3 cm³/mol. The van der Waals surface area contributed by atoms with Gasteiger partial charge in [0.1, 0.15) is 0 Å². The lowest BCUT2D eigenvalue weighted by Gasteiger charge is -2.38. The molecule has 0 aromatic heterocycles. The topological polar surface area (TPSA) is 35.5 Å². The van der Waals surface area contributed by atoms with E-state index in [0.717, 1.165) is 37.9 Å². The fraction of sp³-hybridized carbons (Fsp3) is 1.00. The quantitative estimate of drug-likeness (QED) is 0.775. The smallest absolute Gasteiger partial charge is 0.0679 e. The summed E-state index contributed by atoms with van der Waals surface area (Å²) >= 11 is 0. The standard InChI is InChI=1S/C16H32N2O/c1-3-8-17-16-6-5-13(4-2)10-14(16)11-18-9-7-15(19)12-18/h13-17,19H,3-12H2,1-2H3. The minimum absolute atomic E-state index is 0.0763. The van der Waals surface area contributed by atoms with Crippen molar-refractivity contribution in [2.24, 2.45) is 11.8 Å². The van der Waals surface area contributed by atoms with Gasteiger partial charge in [-0.2, -0.15) is 0 Å². The van der Waals surface area contributed by atoms with Crippen LogP contribution in [0.2, 0.25) is 0 Å². The van der Waals surface area contributed by atoms with Gasteiger partial charge in [0.05, 0.1) is 6.10 Å². The van der Waals surface area contributed by atoms with Gasteiger partial charge in [-0.3, -0.25) is 0 Å². The van der Waals surface area contributed by atoms with Crippen molar-refractivity contribution in [3.05, 3.63) is 0 Å². The maximum Gasteiger partial charge on any atom is 0.0679 e. The maximum absolute atomic E-state index is 9.68. The largest absolute Gasteiger partial charge is 0.392 e. The zero-order valence-electron chi connectivity index (χ0n) is 12.8. The number of nitrogens with zero attached hydrogens (tertiary/aromatic N) is 1. The molecule has 3 nitrogen and oxygen atoms in total. The SMILES string of the molecule is CCCNC1CCC(CC)CC1CN1CCC(O)C1. The van der Waals surface area contributed by atoms with E-state index in [1.807, 2.05) is 0 Å². The highest BCUT2D eigenvalue weighted by Crippen LogP contribution is 2.32. The summed E-state index contributed by atoms with van der Waals surface area (Å²) in [4.78, 5) is 2.48. The molecule has 3 heteroatoms. The van der Waals surface area contributed by atoms with E-state index >= 15 is 0 Å². The van der Waals surface area contributed by atoms with Crippen LogP contribution in [-0.4, -0.2) is 48.3 Å². The highest BCUT2D eigenvalue weighted by atomic mass is 16.3. The van der Waals surface area contributed by atoms with Crippen molar-refractivity contribution in [3.63, 3.8) is 0 Å². The molecule has 2 N–H and O–H groups in total. The molecule has 0 spiro atoms. The van der Waals surface area contributed by atoms with Crippen LogP contribution >= 0.6 is 0 Å². The summed E-state index contributed by atoms with van der Waals surface area (Å²) in [5, 5.41) is 13.4. The minimum atomic E-state index is -0.0763. The summed E-state index contributed by atoms with van der Waals surface area (Å²) in [5.41, 5.74) is 0. The van der Waals surface area contributed by atoms with Gasteiger partial charge in [0.2, 0.25) is 0 Å². The fourth-order valence-corrected chi connectivity index (χ4v) is 3.84. The lowest BCUT2D eigenvalue weighted by atomic mass is 9.76. The van der Waals surface area contributed by atoms with Crippen LogP contribution in [0.3, 0.4) is 0 Å². The van der Waals surface area contributed by atoms with Gasteiger partial charge in [-0.1, -0.05) is 20.3 Å². The van der Waals surface area contributed by atoms with Crippen LogP contribution < -0.4 is 5.32 Å². The molecule has 0 aromatic rings. The molecule has 112 valence electrons. The molecule has 4 atom stereocenters. The first-order chi connectivity index (χ1) is 9.22. The number of nitrogens with one attached hydrogen (secondary N) is 1. The third kappa shape index (κ3) is 4.44. The summed E-state index contributed by atoms with van der Waals surface area (Å²) in [6, 6.07) is 0.709. The second-order valence-corrected chi connectivity index (χ2v) is 6.61. The normalized spacial score (nSPS) is 36.8. The molecule has 1 aliphatic carbocycles. The lowest BCUT2D eigenvalue weighted by Crippen LogP contribution is -2.45. The monoisotopic (exact) mass is 268 g/mol. The van der Waals surface area contributed by atoms with Gasteiger partial charge >= 0.3 is 0 Å². The van der Waals surface area contributed by atoms with E-state index in [2.05, 4.69) is 24.1 Å². The Bertz CT molecular complexity index is 259. The second kappa shape index (κ2) is 7.61. The molecule has 19 heavy (non-hydrogen) atoms. The molecule has 0 bridgehead atoms. The number of β-amino-alcohol motifs (C(OH)–C–C–N with tert-alkyl or cyclic N) is 1. The van der Waals surface area contributed by atoms with E-state index in [-0.39, 0.29) is 6.10 Å². The Hall–Kier alpha value is -0.120. The third-order valence-corrected chi connectivity index (χ3v) is 5.07. The average Bonchev–Trinajstić information content (AvgIpc) is 2.82. The molecule has 0 radical (unpaired) electrons. The van der Waals surface area contributed by atoms with Crippen molar-refractivity contribution in [2.75, 3.05) is 26.2 Å². The summed E-state index contributed by atoms with van der Waals surface area (Å²) in [7, 11) is 0. The van der Waals surface area contributed by atoms with Gasteiger partial charge < -0.3 is 15.3 Å². The second-order valence-electron chi connectivity index (χ2n) is 6.61. The van der Waals surface area contributed by atoms with Gasteiger partial charge in [0.15, 0.2) is 0 Å². The molecule has 1 heterocycles. The Labute approximate surface area is 118 Å². The van der Waals surface area contributed by atoms with E-state index < -0.39 is 0 Å². The van der Waals surface area contributed by atoms with Crippen molar-refractivity contribution in [1.82, 2.24) is 10.2 Å². The first-order valence-corrected chi connectivity index (χ1v) is 8.36. The molecule has 2 rings (SSSR count). The molecule has 1 saturated heterocycles. The number of likely N-dealkylation sites (tertiary alicyclic amines) is 1. The fourth-order valence-electron chi connectivity index (χ4n) is 3.84. The first-order valence-electron chi connectivity index (χ1n) is 8.36. The minimum Gasteiger partial charge on any atom is -0.392 e. The van der Waals surface area contributed by atoms with Crippen LogP contribution in [0.15, 0.2) is 0 Å². The van der Waals surface area contributed by atoms with Gasteiger partial charge in [0, 0.05) is 25.7 Å². The van der Waals surface area contributed by atoms with Crippen LogP contribution in [0.5, 0.6) is 0 Å². The Kier molecular flexibility index (Phi) is 6.11. The van der Waals surface area contributed by atoms with Gasteiger partial charge in [-0.15, -0.1) is 0 Å². The van der Waals surface area contributed by atoms with Crippen LogP contribution in [-0.2, 0) is 0 Å². The molecule has 1 saturated carbocycles. The summed E-state index contributed by atoms with van der Waals surface area (Å²) in [6.07, 6.45) is 7.58. The number of hydrogen-bond donors (Lipinski definition) is 2.